The van der Waals surface area contributed by atoms with E-state index in [2.05, 4.69) is 19.2 Å². The maximum atomic E-state index is 12.0. The predicted molar refractivity (Wildman–Crippen MR) is 75.6 cm³/mol. The molecule has 0 aromatic carbocycles. The highest BCUT2D eigenvalue weighted by molar-refractivity contribution is 6.01. The largest absolute Gasteiger partial charge is 0.344 e. The number of imide groups is 1. The zero-order chi connectivity index (χ0) is 15.3. The number of hydrogen-bond acceptors (Lipinski definition) is 4. The molecule has 114 valence electrons. The van der Waals surface area contributed by atoms with Crippen molar-refractivity contribution in [2.75, 3.05) is 13.6 Å². The molecule has 2 atom stereocenters. The fraction of sp³-hybridized carbons (Fsp3) is 0.786. The van der Waals surface area contributed by atoms with Gasteiger partial charge < -0.3 is 11.1 Å². The molecule has 3 amide bonds. The Balaban J connectivity index is 2.49. The van der Waals surface area contributed by atoms with Gasteiger partial charge in [0.05, 0.1) is 0 Å². The molecule has 1 unspecified atom stereocenters. The van der Waals surface area contributed by atoms with E-state index in [1.54, 1.807) is 0 Å². The van der Waals surface area contributed by atoms with E-state index >= 15 is 0 Å². The van der Waals surface area contributed by atoms with Gasteiger partial charge in [-0.25, -0.2) is 0 Å². The van der Waals surface area contributed by atoms with E-state index in [4.69, 9.17) is 5.73 Å². The first-order chi connectivity index (χ1) is 9.35. The summed E-state index contributed by atoms with van der Waals surface area (Å²) in [6.45, 7) is 4.64. The van der Waals surface area contributed by atoms with Crippen molar-refractivity contribution in [1.82, 2.24) is 10.2 Å². The molecule has 3 N–H and O–H groups in total. The van der Waals surface area contributed by atoms with E-state index in [0.717, 1.165) is 11.3 Å². The lowest BCUT2D eigenvalue weighted by Gasteiger charge is -2.28. The van der Waals surface area contributed by atoms with Gasteiger partial charge in [0.15, 0.2) is 0 Å². The van der Waals surface area contributed by atoms with Crippen LogP contribution in [0.25, 0.3) is 0 Å². The smallest absolute Gasteiger partial charge is 0.251 e. The third kappa shape index (κ3) is 4.59. The predicted octanol–water partition coefficient (Wildman–Crippen LogP) is 0.261. The first-order valence-electron chi connectivity index (χ1n) is 7.15. The molecule has 1 fully saturated rings. The lowest BCUT2D eigenvalue weighted by Crippen LogP contribution is -2.53. The molecule has 1 saturated heterocycles. The maximum absolute atomic E-state index is 12.0. The van der Waals surface area contributed by atoms with Crippen LogP contribution >= 0.6 is 0 Å². The Morgan fingerprint density at radius 2 is 2.10 bits per heavy atom. The quantitative estimate of drug-likeness (QED) is 0.684. The van der Waals surface area contributed by atoms with Crippen LogP contribution in [0.5, 0.6) is 0 Å². The van der Waals surface area contributed by atoms with Crippen molar-refractivity contribution in [1.29, 1.82) is 0 Å². The SMILES string of the molecule is CC(C)C[C@H](CN)CC(=O)NC1CCC(=O)N(C)C1=O. The van der Waals surface area contributed by atoms with Crippen molar-refractivity contribution >= 4 is 17.7 Å². The molecular weight excluding hydrogens is 258 g/mol. The summed E-state index contributed by atoms with van der Waals surface area (Å²) in [6, 6.07) is -0.581. The Morgan fingerprint density at radius 3 is 2.65 bits per heavy atom. The van der Waals surface area contributed by atoms with Gasteiger partial charge in [0.25, 0.3) is 5.91 Å². The van der Waals surface area contributed by atoms with Gasteiger partial charge in [0.2, 0.25) is 11.8 Å². The van der Waals surface area contributed by atoms with Crippen molar-refractivity contribution in [3.8, 4) is 0 Å². The molecule has 0 aromatic heterocycles. The minimum atomic E-state index is -0.581. The Labute approximate surface area is 120 Å². The first-order valence-corrected chi connectivity index (χ1v) is 7.15. The average Bonchev–Trinajstić information content (AvgIpc) is 2.38. The Morgan fingerprint density at radius 1 is 1.45 bits per heavy atom. The number of carbonyl (C=O) groups is 3. The fourth-order valence-electron chi connectivity index (χ4n) is 2.49. The highest BCUT2D eigenvalue weighted by atomic mass is 16.2. The molecule has 6 nitrogen and oxygen atoms in total. The van der Waals surface area contributed by atoms with Gasteiger partial charge in [-0.3, -0.25) is 19.3 Å². The summed E-state index contributed by atoms with van der Waals surface area (Å²) in [5, 5.41) is 2.72. The maximum Gasteiger partial charge on any atom is 0.251 e. The summed E-state index contributed by atoms with van der Waals surface area (Å²) in [6.07, 6.45) is 1.89. The van der Waals surface area contributed by atoms with Crippen LogP contribution in [0, 0.1) is 11.8 Å². The molecule has 0 bridgehead atoms. The molecular formula is C14H25N3O3. The van der Waals surface area contributed by atoms with Gasteiger partial charge in [-0.15, -0.1) is 0 Å². The van der Waals surface area contributed by atoms with Crippen molar-refractivity contribution < 1.29 is 14.4 Å². The second-order valence-corrected chi connectivity index (χ2v) is 5.89. The molecule has 0 aromatic rings. The number of nitrogens with zero attached hydrogens (tertiary/aromatic N) is 1. The highest BCUT2D eigenvalue weighted by Gasteiger charge is 2.32. The lowest BCUT2D eigenvalue weighted by atomic mass is 9.93. The molecule has 0 saturated carbocycles. The zero-order valence-electron chi connectivity index (χ0n) is 12.5. The summed E-state index contributed by atoms with van der Waals surface area (Å²) in [4.78, 5) is 36.3. The zero-order valence-corrected chi connectivity index (χ0v) is 12.5. The molecule has 0 aliphatic carbocycles. The summed E-state index contributed by atoms with van der Waals surface area (Å²) in [5.41, 5.74) is 5.67. The van der Waals surface area contributed by atoms with Crippen LogP contribution in [0.4, 0.5) is 0 Å². The second-order valence-electron chi connectivity index (χ2n) is 5.89. The van der Waals surface area contributed by atoms with E-state index in [1.807, 2.05) is 0 Å². The number of likely N-dealkylation sites (tertiary alicyclic amines) is 1. The van der Waals surface area contributed by atoms with Crippen LogP contribution in [0.2, 0.25) is 0 Å². The Hall–Kier alpha value is -1.43. The van der Waals surface area contributed by atoms with Gasteiger partial charge in [-0.05, 0) is 31.2 Å². The Bertz CT molecular complexity index is 382. The number of nitrogens with one attached hydrogen (secondary N) is 1. The van der Waals surface area contributed by atoms with E-state index in [9.17, 15) is 14.4 Å². The van der Waals surface area contributed by atoms with Gasteiger partial charge >= 0.3 is 0 Å². The van der Waals surface area contributed by atoms with E-state index in [-0.39, 0.29) is 23.6 Å². The minimum Gasteiger partial charge on any atom is -0.344 e. The van der Waals surface area contributed by atoms with E-state index in [1.165, 1.54) is 7.05 Å². The molecule has 1 heterocycles. The molecule has 0 radical (unpaired) electrons. The number of nitrogens with two attached hydrogens (primary N) is 1. The number of rotatable bonds is 6. The van der Waals surface area contributed by atoms with Crippen molar-refractivity contribution in [2.24, 2.45) is 17.6 Å². The molecule has 0 spiro atoms. The third-order valence-corrected chi connectivity index (χ3v) is 3.60. The van der Waals surface area contributed by atoms with Crippen LogP contribution < -0.4 is 11.1 Å². The summed E-state index contributed by atoms with van der Waals surface area (Å²) < 4.78 is 0. The normalized spacial score (nSPS) is 21.2. The van der Waals surface area contributed by atoms with Gasteiger partial charge in [0, 0.05) is 19.9 Å². The Kier molecular flexibility index (Phi) is 6.13. The standard InChI is InChI=1S/C14H25N3O3/c1-9(2)6-10(8-15)7-12(18)16-11-4-5-13(19)17(3)14(11)20/h9-11H,4-8,15H2,1-3H3,(H,16,18)/t10-,11?/m0/s1. The monoisotopic (exact) mass is 283 g/mol. The van der Waals surface area contributed by atoms with Crippen LogP contribution in [0.15, 0.2) is 0 Å². The topological polar surface area (TPSA) is 92.5 Å². The van der Waals surface area contributed by atoms with Crippen LogP contribution in [-0.2, 0) is 14.4 Å². The first kappa shape index (κ1) is 16.6. The number of amides is 3. The molecule has 6 heteroatoms. The van der Waals surface area contributed by atoms with Crippen molar-refractivity contribution in [2.45, 2.75) is 45.6 Å². The van der Waals surface area contributed by atoms with E-state index in [0.29, 0.717) is 31.7 Å². The molecule has 1 rings (SSSR count). The van der Waals surface area contributed by atoms with Crippen LogP contribution in [0.1, 0.15) is 39.5 Å². The lowest BCUT2D eigenvalue weighted by molar-refractivity contribution is -0.149. The number of carbonyl (C=O) groups excluding carboxylic acids is 3. The van der Waals surface area contributed by atoms with Gasteiger partial charge in [-0.1, -0.05) is 13.8 Å². The molecule has 1 aliphatic rings. The average molecular weight is 283 g/mol. The number of piperidine rings is 1. The minimum absolute atomic E-state index is 0.132. The highest BCUT2D eigenvalue weighted by Crippen LogP contribution is 2.16. The van der Waals surface area contributed by atoms with Gasteiger partial charge in [0.1, 0.15) is 6.04 Å². The van der Waals surface area contributed by atoms with Crippen molar-refractivity contribution in [3.63, 3.8) is 0 Å². The summed E-state index contributed by atoms with van der Waals surface area (Å²) in [5.74, 6) is -0.0745. The summed E-state index contributed by atoms with van der Waals surface area (Å²) in [7, 11) is 1.45. The fourth-order valence-corrected chi connectivity index (χ4v) is 2.49. The van der Waals surface area contributed by atoms with Gasteiger partial charge in [-0.2, -0.15) is 0 Å². The molecule has 20 heavy (non-hydrogen) atoms. The summed E-state index contributed by atoms with van der Waals surface area (Å²) >= 11 is 0. The molecule has 1 aliphatic heterocycles. The van der Waals surface area contributed by atoms with Crippen LogP contribution in [0.3, 0.4) is 0 Å². The van der Waals surface area contributed by atoms with Crippen LogP contribution in [-0.4, -0.2) is 42.3 Å². The third-order valence-electron chi connectivity index (χ3n) is 3.60. The number of likely N-dealkylation sites (N-methyl/N-ethyl adjacent to an activating group) is 1. The second kappa shape index (κ2) is 7.38. The number of hydrogen-bond donors (Lipinski definition) is 2. The van der Waals surface area contributed by atoms with E-state index < -0.39 is 6.04 Å². The van der Waals surface area contributed by atoms with Crippen molar-refractivity contribution in [3.05, 3.63) is 0 Å².